The van der Waals surface area contributed by atoms with E-state index in [0.717, 1.165) is 42.3 Å². The summed E-state index contributed by atoms with van der Waals surface area (Å²) in [7, 11) is 1.68. The van der Waals surface area contributed by atoms with Crippen molar-refractivity contribution >= 4 is 16.6 Å². The van der Waals surface area contributed by atoms with Gasteiger partial charge in [-0.1, -0.05) is 12.1 Å². The Morgan fingerprint density at radius 2 is 2.07 bits per heavy atom. The SMILES string of the molecule is COc1ccc(C[C@@H](C)N[C@@H]2CCCc3c2[nH]c2ccc([N+](=O)[O-])cc32)cc1. The molecule has 0 fully saturated rings. The molecule has 1 heterocycles. The largest absolute Gasteiger partial charge is 0.497 e. The van der Waals surface area contributed by atoms with E-state index < -0.39 is 0 Å². The molecule has 0 unspecified atom stereocenters. The molecule has 2 aromatic carbocycles. The second kappa shape index (κ2) is 7.64. The third-order valence-electron chi connectivity index (χ3n) is 5.59. The molecule has 6 heteroatoms. The number of nitro groups is 1. The van der Waals surface area contributed by atoms with E-state index in [1.54, 1.807) is 19.2 Å². The van der Waals surface area contributed by atoms with Crippen LogP contribution in [0.1, 0.15) is 42.6 Å². The summed E-state index contributed by atoms with van der Waals surface area (Å²) in [6.45, 7) is 2.20. The van der Waals surface area contributed by atoms with Crippen LogP contribution in [0, 0.1) is 10.1 Å². The van der Waals surface area contributed by atoms with Crippen LogP contribution in [0.4, 0.5) is 5.69 Å². The molecule has 0 aliphatic heterocycles. The minimum absolute atomic E-state index is 0.150. The van der Waals surface area contributed by atoms with Crippen molar-refractivity contribution < 1.29 is 9.66 Å². The standard InChI is InChI=1S/C22H25N3O3/c1-14(12-15-6-9-17(28-2)10-7-15)23-21-5-3-4-18-19-13-16(25(26)27)8-11-20(19)24-22(18)21/h6-11,13-14,21,23-24H,3-5,12H2,1-2H3/t14-,21-/m1/s1. The lowest BCUT2D eigenvalue weighted by Gasteiger charge is -2.27. The summed E-state index contributed by atoms with van der Waals surface area (Å²) in [5, 5.41) is 15.9. The molecule has 0 saturated heterocycles. The van der Waals surface area contributed by atoms with Crippen molar-refractivity contribution in [1.29, 1.82) is 0 Å². The maximum Gasteiger partial charge on any atom is 0.270 e. The van der Waals surface area contributed by atoms with Gasteiger partial charge in [-0.2, -0.15) is 0 Å². The number of fused-ring (bicyclic) bond motifs is 3. The lowest BCUT2D eigenvalue weighted by molar-refractivity contribution is -0.384. The maximum atomic E-state index is 11.1. The minimum atomic E-state index is -0.325. The Kier molecular flexibility index (Phi) is 5.05. The molecule has 4 rings (SSSR count). The van der Waals surface area contributed by atoms with Crippen molar-refractivity contribution in [3.05, 3.63) is 69.4 Å². The minimum Gasteiger partial charge on any atom is -0.497 e. The Morgan fingerprint density at radius 3 is 2.79 bits per heavy atom. The van der Waals surface area contributed by atoms with Gasteiger partial charge in [-0.3, -0.25) is 10.1 Å². The van der Waals surface area contributed by atoms with Gasteiger partial charge in [0.15, 0.2) is 0 Å². The molecule has 2 N–H and O–H groups in total. The number of benzene rings is 2. The number of aryl methyl sites for hydroxylation is 1. The van der Waals surface area contributed by atoms with Crippen LogP contribution in [0.3, 0.4) is 0 Å². The van der Waals surface area contributed by atoms with E-state index in [1.807, 2.05) is 18.2 Å². The summed E-state index contributed by atoms with van der Waals surface area (Å²) in [6, 6.07) is 13.8. The molecular weight excluding hydrogens is 354 g/mol. The first-order chi connectivity index (χ1) is 13.5. The molecule has 0 saturated carbocycles. The van der Waals surface area contributed by atoms with Gasteiger partial charge in [0.25, 0.3) is 5.69 Å². The van der Waals surface area contributed by atoms with Gasteiger partial charge in [0.2, 0.25) is 0 Å². The predicted octanol–water partition coefficient (Wildman–Crippen LogP) is 4.68. The molecule has 2 atom stereocenters. The van der Waals surface area contributed by atoms with Gasteiger partial charge in [0, 0.05) is 40.8 Å². The number of nitrogens with one attached hydrogen (secondary N) is 2. The molecule has 1 aliphatic rings. The Hall–Kier alpha value is -2.86. The first-order valence-corrected chi connectivity index (χ1v) is 9.73. The average Bonchev–Trinajstić information content (AvgIpc) is 3.07. The topological polar surface area (TPSA) is 80.2 Å². The predicted molar refractivity (Wildman–Crippen MR) is 110 cm³/mol. The van der Waals surface area contributed by atoms with E-state index in [0.29, 0.717) is 6.04 Å². The van der Waals surface area contributed by atoms with Crippen LogP contribution in [0.25, 0.3) is 10.9 Å². The fourth-order valence-corrected chi connectivity index (χ4v) is 4.25. The number of H-pyrrole nitrogens is 1. The third-order valence-corrected chi connectivity index (χ3v) is 5.59. The zero-order chi connectivity index (χ0) is 19.7. The first-order valence-electron chi connectivity index (χ1n) is 9.73. The van der Waals surface area contributed by atoms with Crippen molar-refractivity contribution in [3.8, 4) is 5.75 Å². The van der Waals surface area contributed by atoms with Crippen LogP contribution >= 0.6 is 0 Å². The number of hydrogen-bond acceptors (Lipinski definition) is 4. The number of aromatic nitrogens is 1. The van der Waals surface area contributed by atoms with Crippen LogP contribution in [0.5, 0.6) is 5.75 Å². The number of hydrogen-bond donors (Lipinski definition) is 2. The van der Waals surface area contributed by atoms with Gasteiger partial charge in [0.1, 0.15) is 5.75 Å². The van der Waals surface area contributed by atoms with E-state index >= 15 is 0 Å². The summed E-state index contributed by atoms with van der Waals surface area (Å²) >= 11 is 0. The molecule has 6 nitrogen and oxygen atoms in total. The quantitative estimate of drug-likeness (QED) is 0.481. The van der Waals surface area contributed by atoms with Crippen molar-refractivity contribution in [2.45, 2.75) is 44.7 Å². The normalized spacial score (nSPS) is 17.3. The second-order valence-electron chi connectivity index (χ2n) is 7.57. The molecule has 146 valence electrons. The van der Waals surface area contributed by atoms with Gasteiger partial charge in [-0.25, -0.2) is 0 Å². The number of nitro benzene ring substituents is 1. The summed E-state index contributed by atoms with van der Waals surface area (Å²) in [5.41, 5.74) is 4.80. The number of ether oxygens (including phenoxy) is 1. The smallest absolute Gasteiger partial charge is 0.270 e. The lowest BCUT2D eigenvalue weighted by atomic mass is 9.91. The summed E-state index contributed by atoms with van der Waals surface area (Å²) in [6.07, 6.45) is 4.04. The van der Waals surface area contributed by atoms with Gasteiger partial charge in [-0.15, -0.1) is 0 Å². The van der Waals surface area contributed by atoms with Gasteiger partial charge < -0.3 is 15.0 Å². The van der Waals surface area contributed by atoms with E-state index in [9.17, 15) is 10.1 Å². The Morgan fingerprint density at radius 1 is 1.29 bits per heavy atom. The number of rotatable bonds is 6. The second-order valence-corrected chi connectivity index (χ2v) is 7.57. The van der Waals surface area contributed by atoms with Crippen LogP contribution in [-0.4, -0.2) is 23.1 Å². The molecule has 0 bridgehead atoms. The Labute approximate surface area is 164 Å². The third kappa shape index (κ3) is 3.60. The van der Waals surface area contributed by atoms with Crippen molar-refractivity contribution in [2.75, 3.05) is 7.11 Å². The number of nitrogens with zero attached hydrogens (tertiary/aromatic N) is 1. The van der Waals surface area contributed by atoms with Crippen molar-refractivity contribution in [2.24, 2.45) is 0 Å². The highest BCUT2D eigenvalue weighted by Gasteiger charge is 2.26. The van der Waals surface area contributed by atoms with E-state index in [-0.39, 0.29) is 16.7 Å². The maximum absolute atomic E-state index is 11.1. The average molecular weight is 379 g/mol. The van der Waals surface area contributed by atoms with E-state index in [2.05, 4.69) is 29.4 Å². The number of non-ortho nitro benzene ring substituents is 1. The molecule has 0 amide bonds. The molecular formula is C22H25N3O3. The molecule has 28 heavy (non-hydrogen) atoms. The highest BCUT2D eigenvalue weighted by molar-refractivity contribution is 5.87. The molecule has 1 aliphatic carbocycles. The Balaban J connectivity index is 1.53. The number of aromatic amines is 1. The molecule has 1 aromatic heterocycles. The summed E-state index contributed by atoms with van der Waals surface area (Å²) in [5.74, 6) is 0.869. The zero-order valence-corrected chi connectivity index (χ0v) is 16.2. The Bertz CT molecular complexity index is 994. The van der Waals surface area contributed by atoms with Crippen molar-refractivity contribution in [3.63, 3.8) is 0 Å². The first kappa shape index (κ1) is 18.5. The van der Waals surface area contributed by atoms with E-state index in [1.165, 1.54) is 16.8 Å². The van der Waals surface area contributed by atoms with Crippen LogP contribution in [0.15, 0.2) is 42.5 Å². The molecule has 0 spiro atoms. The fraction of sp³-hybridized carbons (Fsp3) is 0.364. The fourth-order valence-electron chi connectivity index (χ4n) is 4.25. The highest BCUT2D eigenvalue weighted by atomic mass is 16.6. The number of methoxy groups -OCH3 is 1. The van der Waals surface area contributed by atoms with E-state index in [4.69, 9.17) is 4.74 Å². The van der Waals surface area contributed by atoms with Crippen LogP contribution in [-0.2, 0) is 12.8 Å². The summed E-state index contributed by atoms with van der Waals surface area (Å²) in [4.78, 5) is 14.3. The summed E-state index contributed by atoms with van der Waals surface area (Å²) < 4.78 is 5.22. The van der Waals surface area contributed by atoms with Crippen molar-refractivity contribution in [1.82, 2.24) is 10.3 Å². The van der Waals surface area contributed by atoms with Gasteiger partial charge in [-0.05, 0) is 61.9 Å². The molecule has 3 aromatic rings. The highest BCUT2D eigenvalue weighted by Crippen LogP contribution is 2.36. The zero-order valence-electron chi connectivity index (χ0n) is 16.2. The van der Waals surface area contributed by atoms with Gasteiger partial charge in [0.05, 0.1) is 12.0 Å². The monoisotopic (exact) mass is 379 g/mol. The van der Waals surface area contributed by atoms with Gasteiger partial charge >= 0.3 is 0 Å². The molecule has 0 radical (unpaired) electrons. The van der Waals surface area contributed by atoms with Crippen LogP contribution in [0.2, 0.25) is 0 Å². The van der Waals surface area contributed by atoms with Crippen LogP contribution < -0.4 is 10.1 Å². The lowest BCUT2D eigenvalue weighted by Crippen LogP contribution is -2.34.